The number of hydrogen-bond donors (Lipinski definition) is 2. The van der Waals surface area contributed by atoms with E-state index in [2.05, 4.69) is 10.6 Å². The molecule has 0 bridgehead atoms. The number of hydrogen-bond acceptors (Lipinski definition) is 3. The first-order valence-electron chi connectivity index (χ1n) is 8.00. The third-order valence-electron chi connectivity index (χ3n) is 3.78. The number of nitrogens with one attached hydrogen (secondary N) is 2. The average Bonchev–Trinajstić information content (AvgIpc) is 2.60. The van der Waals surface area contributed by atoms with Crippen LogP contribution in [0.4, 0.5) is 10.5 Å². The molecule has 0 saturated carbocycles. The molecule has 0 aliphatic rings. The Kier molecular flexibility index (Phi) is 6.49. The number of nitrogens with zero attached hydrogens (tertiary/aromatic N) is 1. The largest absolute Gasteiger partial charge is 0.496 e. The second-order valence-electron chi connectivity index (χ2n) is 5.73. The zero-order valence-electron chi connectivity index (χ0n) is 14.5. The molecule has 0 aliphatic carbocycles. The second-order valence-corrected chi connectivity index (χ2v) is 5.73. The Morgan fingerprint density at radius 2 is 1.75 bits per heavy atom. The monoisotopic (exact) mass is 327 g/mol. The van der Waals surface area contributed by atoms with E-state index in [-0.39, 0.29) is 6.03 Å². The van der Waals surface area contributed by atoms with Crippen LogP contribution in [0.25, 0.3) is 0 Å². The van der Waals surface area contributed by atoms with Crippen molar-refractivity contribution in [2.45, 2.75) is 13.0 Å². The van der Waals surface area contributed by atoms with Crippen molar-refractivity contribution in [3.05, 3.63) is 59.7 Å². The summed E-state index contributed by atoms with van der Waals surface area (Å²) in [7, 11) is 5.66. The molecular weight excluding hydrogens is 302 g/mol. The van der Waals surface area contributed by atoms with Gasteiger partial charge in [-0.05, 0) is 35.7 Å². The molecule has 5 heteroatoms. The Labute approximate surface area is 143 Å². The Morgan fingerprint density at radius 1 is 1.04 bits per heavy atom. The molecule has 0 fully saturated rings. The summed E-state index contributed by atoms with van der Waals surface area (Å²) in [6, 6.07) is 15.8. The molecule has 0 spiro atoms. The van der Waals surface area contributed by atoms with Gasteiger partial charge < -0.3 is 20.3 Å². The van der Waals surface area contributed by atoms with Gasteiger partial charge in [0.05, 0.1) is 7.11 Å². The Morgan fingerprint density at radius 3 is 2.42 bits per heavy atom. The number of amides is 2. The highest BCUT2D eigenvalue weighted by Crippen LogP contribution is 2.17. The first kappa shape index (κ1) is 17.7. The predicted molar refractivity (Wildman–Crippen MR) is 97.7 cm³/mol. The van der Waals surface area contributed by atoms with Crippen molar-refractivity contribution < 1.29 is 9.53 Å². The molecule has 0 aromatic heterocycles. The van der Waals surface area contributed by atoms with Gasteiger partial charge in [-0.15, -0.1) is 0 Å². The standard InChI is InChI=1S/C19H25N3O2/c1-22(2)17-10-8-15(9-11-17)14-21-19(23)20-13-12-16-6-4-5-7-18(16)24-3/h4-11H,12-14H2,1-3H3,(H2,20,21,23). The lowest BCUT2D eigenvalue weighted by Gasteiger charge is -2.13. The van der Waals surface area contributed by atoms with Crippen molar-refractivity contribution in [2.24, 2.45) is 0 Å². The van der Waals surface area contributed by atoms with Gasteiger partial charge in [0.25, 0.3) is 0 Å². The third-order valence-corrected chi connectivity index (χ3v) is 3.78. The van der Waals surface area contributed by atoms with E-state index in [1.165, 1.54) is 0 Å². The van der Waals surface area contributed by atoms with E-state index < -0.39 is 0 Å². The van der Waals surface area contributed by atoms with Gasteiger partial charge in [-0.1, -0.05) is 30.3 Å². The van der Waals surface area contributed by atoms with Gasteiger partial charge in [0.1, 0.15) is 5.75 Å². The lowest BCUT2D eigenvalue weighted by molar-refractivity contribution is 0.240. The van der Waals surface area contributed by atoms with Gasteiger partial charge in [-0.25, -0.2) is 4.79 Å². The molecule has 0 unspecified atom stereocenters. The highest BCUT2D eigenvalue weighted by molar-refractivity contribution is 5.73. The summed E-state index contributed by atoms with van der Waals surface area (Å²) >= 11 is 0. The first-order chi connectivity index (χ1) is 11.6. The van der Waals surface area contributed by atoms with Gasteiger partial charge in [0.15, 0.2) is 0 Å². The van der Waals surface area contributed by atoms with Crippen LogP contribution in [0.15, 0.2) is 48.5 Å². The molecule has 2 amide bonds. The zero-order valence-corrected chi connectivity index (χ0v) is 14.5. The van der Waals surface area contributed by atoms with Crippen LogP contribution < -0.4 is 20.3 Å². The number of carbonyl (C=O) groups excluding carboxylic acids is 1. The number of benzene rings is 2. The molecule has 5 nitrogen and oxygen atoms in total. The number of carbonyl (C=O) groups is 1. The molecule has 0 saturated heterocycles. The lowest BCUT2D eigenvalue weighted by Crippen LogP contribution is -2.36. The molecule has 2 aromatic rings. The van der Waals surface area contributed by atoms with E-state index >= 15 is 0 Å². The summed E-state index contributed by atoms with van der Waals surface area (Å²) in [6.07, 6.45) is 0.731. The first-order valence-corrected chi connectivity index (χ1v) is 8.00. The summed E-state index contributed by atoms with van der Waals surface area (Å²) in [5.41, 5.74) is 3.29. The molecule has 0 heterocycles. The van der Waals surface area contributed by atoms with Gasteiger partial charge in [0, 0.05) is 32.9 Å². The normalized spacial score (nSPS) is 10.1. The smallest absolute Gasteiger partial charge is 0.315 e. The van der Waals surface area contributed by atoms with Gasteiger partial charge in [-0.2, -0.15) is 0 Å². The molecule has 0 atom stereocenters. The van der Waals surface area contributed by atoms with E-state index in [1.54, 1.807) is 7.11 Å². The van der Waals surface area contributed by atoms with Gasteiger partial charge >= 0.3 is 6.03 Å². The maximum absolute atomic E-state index is 11.9. The van der Waals surface area contributed by atoms with Crippen LogP contribution in [0.5, 0.6) is 5.75 Å². The van der Waals surface area contributed by atoms with Crippen LogP contribution in [-0.4, -0.2) is 33.8 Å². The topological polar surface area (TPSA) is 53.6 Å². The number of ether oxygens (including phenoxy) is 1. The summed E-state index contributed by atoms with van der Waals surface area (Å²) in [4.78, 5) is 13.9. The maximum Gasteiger partial charge on any atom is 0.315 e. The van der Waals surface area contributed by atoms with Crippen molar-refractivity contribution in [3.8, 4) is 5.75 Å². The van der Waals surface area contributed by atoms with E-state index in [0.717, 1.165) is 29.0 Å². The second kappa shape index (κ2) is 8.82. The molecule has 2 N–H and O–H groups in total. The molecular formula is C19H25N3O2. The van der Waals surface area contributed by atoms with Gasteiger partial charge in [0.2, 0.25) is 0 Å². The van der Waals surface area contributed by atoms with Crippen LogP contribution >= 0.6 is 0 Å². The van der Waals surface area contributed by atoms with Crippen molar-refractivity contribution in [3.63, 3.8) is 0 Å². The van der Waals surface area contributed by atoms with Crippen molar-refractivity contribution >= 4 is 11.7 Å². The van der Waals surface area contributed by atoms with Crippen LogP contribution in [0.2, 0.25) is 0 Å². The highest BCUT2D eigenvalue weighted by Gasteiger charge is 2.04. The fourth-order valence-electron chi connectivity index (χ4n) is 2.38. The van der Waals surface area contributed by atoms with Crippen LogP contribution in [-0.2, 0) is 13.0 Å². The molecule has 2 aromatic carbocycles. The maximum atomic E-state index is 11.9. The fourth-order valence-corrected chi connectivity index (χ4v) is 2.38. The number of urea groups is 1. The summed E-state index contributed by atoms with van der Waals surface area (Å²) in [5.74, 6) is 0.848. The summed E-state index contributed by atoms with van der Waals surface area (Å²) in [6.45, 7) is 1.07. The number of anilines is 1. The summed E-state index contributed by atoms with van der Waals surface area (Å²) < 4.78 is 5.30. The van der Waals surface area contributed by atoms with E-state index in [0.29, 0.717) is 13.1 Å². The minimum absolute atomic E-state index is 0.165. The summed E-state index contributed by atoms with van der Waals surface area (Å²) in [5, 5.41) is 5.74. The van der Waals surface area contributed by atoms with E-state index in [4.69, 9.17) is 4.74 Å². The van der Waals surface area contributed by atoms with Crippen molar-refractivity contribution in [1.29, 1.82) is 0 Å². The van der Waals surface area contributed by atoms with Crippen LogP contribution in [0, 0.1) is 0 Å². The predicted octanol–water partition coefficient (Wildman–Crippen LogP) is 2.80. The van der Waals surface area contributed by atoms with Crippen LogP contribution in [0.3, 0.4) is 0 Å². The number of para-hydroxylation sites is 1. The fraction of sp³-hybridized carbons (Fsp3) is 0.316. The Balaban J connectivity index is 1.73. The zero-order chi connectivity index (χ0) is 17.4. The minimum Gasteiger partial charge on any atom is -0.496 e. The van der Waals surface area contributed by atoms with Crippen molar-refractivity contribution in [2.75, 3.05) is 32.6 Å². The van der Waals surface area contributed by atoms with Crippen LogP contribution in [0.1, 0.15) is 11.1 Å². The Hall–Kier alpha value is -2.69. The molecule has 128 valence electrons. The number of rotatable bonds is 7. The third kappa shape index (κ3) is 5.19. The van der Waals surface area contributed by atoms with E-state index in [9.17, 15) is 4.79 Å². The number of methoxy groups -OCH3 is 1. The lowest BCUT2D eigenvalue weighted by atomic mass is 10.1. The van der Waals surface area contributed by atoms with E-state index in [1.807, 2.05) is 67.5 Å². The quantitative estimate of drug-likeness (QED) is 0.822. The Bertz CT molecular complexity index is 654. The molecule has 0 aliphatic heterocycles. The molecule has 0 radical (unpaired) electrons. The highest BCUT2D eigenvalue weighted by atomic mass is 16.5. The van der Waals surface area contributed by atoms with Crippen molar-refractivity contribution in [1.82, 2.24) is 10.6 Å². The van der Waals surface area contributed by atoms with Gasteiger partial charge in [-0.3, -0.25) is 0 Å². The average molecular weight is 327 g/mol. The molecule has 2 rings (SSSR count). The SMILES string of the molecule is COc1ccccc1CCNC(=O)NCc1ccc(N(C)C)cc1. The molecule has 24 heavy (non-hydrogen) atoms. The minimum atomic E-state index is -0.165.